The lowest BCUT2D eigenvalue weighted by Gasteiger charge is -2.13. The van der Waals surface area contributed by atoms with Crippen LogP contribution in [0.2, 0.25) is 0 Å². The number of aliphatic imine (C=N–C) groups is 1. The van der Waals surface area contributed by atoms with Crippen molar-refractivity contribution in [2.45, 2.75) is 6.42 Å². The van der Waals surface area contributed by atoms with E-state index in [1.54, 1.807) is 0 Å². The van der Waals surface area contributed by atoms with Gasteiger partial charge in [-0.15, -0.1) is 0 Å². The van der Waals surface area contributed by atoms with Gasteiger partial charge in [-0.1, -0.05) is 0 Å². The van der Waals surface area contributed by atoms with Crippen molar-refractivity contribution in [3.8, 4) is 0 Å². The molecule has 0 amide bonds. The van der Waals surface area contributed by atoms with Crippen molar-refractivity contribution in [3.63, 3.8) is 0 Å². The lowest BCUT2D eigenvalue weighted by molar-refractivity contribution is 0.282. The predicted molar refractivity (Wildman–Crippen MR) is 47.4 cm³/mol. The lowest BCUT2D eigenvalue weighted by atomic mass is 10.3. The normalized spacial score (nSPS) is 16.9. The first-order valence-corrected chi connectivity index (χ1v) is 4.17. The van der Waals surface area contributed by atoms with Gasteiger partial charge in [-0.25, -0.2) is 4.99 Å². The monoisotopic (exact) mass is 164 g/mol. The second kappa shape index (κ2) is 3.01. The van der Waals surface area contributed by atoms with Gasteiger partial charge in [-0.3, -0.25) is 0 Å². The van der Waals surface area contributed by atoms with Crippen LogP contribution in [0, 0.1) is 0 Å². The summed E-state index contributed by atoms with van der Waals surface area (Å²) in [6, 6.07) is 4.01. The topological polar surface area (TPSA) is 26.5 Å². The van der Waals surface area contributed by atoms with Crippen LogP contribution in [0.25, 0.3) is 0 Å². The third kappa shape index (κ3) is 1.22. The van der Waals surface area contributed by atoms with E-state index in [-0.39, 0.29) is 0 Å². The molecule has 0 spiro atoms. The molecule has 0 fully saturated rings. The molecular weight excluding hydrogens is 152 g/mol. The fraction of sp³-hybridized carbons (Fsp3) is 0.444. The Hall–Kier alpha value is -1.25. The van der Waals surface area contributed by atoms with Crippen molar-refractivity contribution in [2.75, 3.05) is 13.2 Å². The molecule has 64 valence electrons. The van der Waals surface area contributed by atoms with Gasteiger partial charge in [-0.05, 0) is 12.1 Å². The molecule has 0 N–H and O–H groups in total. The van der Waals surface area contributed by atoms with Crippen LogP contribution in [0.5, 0.6) is 0 Å². The summed E-state index contributed by atoms with van der Waals surface area (Å²) in [4.78, 5) is 4.31. The zero-order valence-electron chi connectivity index (χ0n) is 7.16. The van der Waals surface area contributed by atoms with Crippen molar-refractivity contribution < 1.29 is 4.74 Å². The zero-order valence-corrected chi connectivity index (χ0v) is 7.16. The molecule has 0 atom stereocenters. The van der Waals surface area contributed by atoms with E-state index in [4.69, 9.17) is 4.74 Å². The number of aromatic nitrogens is 1. The molecule has 0 radical (unpaired) electrons. The van der Waals surface area contributed by atoms with Gasteiger partial charge in [0.1, 0.15) is 5.69 Å². The molecule has 3 nitrogen and oxygen atoms in total. The average Bonchev–Trinajstić information content (AvgIpc) is 2.53. The Bertz CT molecular complexity index is 301. The highest BCUT2D eigenvalue weighted by Crippen LogP contribution is 2.07. The summed E-state index contributed by atoms with van der Waals surface area (Å²) in [5, 5.41) is 0. The molecule has 1 aliphatic rings. The van der Waals surface area contributed by atoms with Gasteiger partial charge in [-0.2, -0.15) is 0 Å². The quantitative estimate of drug-likeness (QED) is 0.612. The molecule has 0 saturated heterocycles. The Morgan fingerprint density at radius 3 is 3.08 bits per heavy atom. The predicted octanol–water partition coefficient (Wildman–Crippen LogP) is 1.19. The molecular formula is C9H12N2O. The van der Waals surface area contributed by atoms with Gasteiger partial charge < -0.3 is 9.30 Å². The maximum Gasteiger partial charge on any atom is 0.233 e. The molecule has 12 heavy (non-hydrogen) atoms. The number of aryl methyl sites for hydroxylation is 1. The first kappa shape index (κ1) is 7.40. The van der Waals surface area contributed by atoms with E-state index in [0.717, 1.165) is 31.2 Å². The van der Waals surface area contributed by atoms with E-state index in [2.05, 4.69) is 4.99 Å². The molecule has 2 heterocycles. The van der Waals surface area contributed by atoms with Gasteiger partial charge >= 0.3 is 0 Å². The van der Waals surface area contributed by atoms with Crippen LogP contribution >= 0.6 is 0 Å². The Morgan fingerprint density at radius 1 is 1.58 bits per heavy atom. The summed E-state index contributed by atoms with van der Waals surface area (Å²) < 4.78 is 7.45. The number of nitrogens with zero attached hydrogens (tertiary/aromatic N) is 2. The summed E-state index contributed by atoms with van der Waals surface area (Å²) >= 11 is 0. The molecule has 0 bridgehead atoms. The van der Waals surface area contributed by atoms with Crippen LogP contribution in [0.3, 0.4) is 0 Å². The van der Waals surface area contributed by atoms with Crippen LogP contribution < -0.4 is 0 Å². The summed E-state index contributed by atoms with van der Waals surface area (Å²) in [6.07, 6.45) is 3.03. The number of ether oxygens (including phenoxy) is 1. The van der Waals surface area contributed by atoms with E-state index in [9.17, 15) is 0 Å². The van der Waals surface area contributed by atoms with E-state index in [1.807, 2.05) is 29.9 Å². The maximum atomic E-state index is 5.43. The highest BCUT2D eigenvalue weighted by Gasteiger charge is 2.10. The minimum atomic E-state index is 0.786. The van der Waals surface area contributed by atoms with E-state index in [1.165, 1.54) is 0 Å². The van der Waals surface area contributed by atoms with Gasteiger partial charge in [0.15, 0.2) is 0 Å². The van der Waals surface area contributed by atoms with Gasteiger partial charge in [0.2, 0.25) is 5.90 Å². The van der Waals surface area contributed by atoms with Crippen LogP contribution in [0.15, 0.2) is 23.3 Å². The Morgan fingerprint density at radius 2 is 2.50 bits per heavy atom. The number of rotatable bonds is 1. The Balaban J connectivity index is 2.29. The molecule has 1 aliphatic heterocycles. The third-order valence-electron chi connectivity index (χ3n) is 1.96. The smallest absolute Gasteiger partial charge is 0.233 e. The fourth-order valence-corrected chi connectivity index (χ4v) is 1.30. The van der Waals surface area contributed by atoms with Crippen molar-refractivity contribution in [2.24, 2.45) is 12.0 Å². The largest absolute Gasteiger partial charge is 0.476 e. The maximum absolute atomic E-state index is 5.43. The summed E-state index contributed by atoms with van der Waals surface area (Å²) in [7, 11) is 2.00. The molecule has 0 aromatic carbocycles. The molecule has 0 aliphatic carbocycles. The molecule has 1 aromatic rings. The first-order chi connectivity index (χ1) is 5.88. The Kier molecular flexibility index (Phi) is 1.86. The van der Waals surface area contributed by atoms with Crippen LogP contribution in [0.4, 0.5) is 0 Å². The second-order valence-corrected chi connectivity index (χ2v) is 2.89. The second-order valence-electron chi connectivity index (χ2n) is 2.89. The van der Waals surface area contributed by atoms with Crippen molar-refractivity contribution in [1.29, 1.82) is 0 Å². The first-order valence-electron chi connectivity index (χ1n) is 4.17. The molecule has 2 rings (SSSR count). The highest BCUT2D eigenvalue weighted by molar-refractivity contribution is 5.92. The average molecular weight is 164 g/mol. The van der Waals surface area contributed by atoms with Crippen molar-refractivity contribution >= 4 is 5.90 Å². The van der Waals surface area contributed by atoms with Gasteiger partial charge in [0, 0.05) is 26.2 Å². The lowest BCUT2D eigenvalue weighted by Crippen LogP contribution is -2.17. The van der Waals surface area contributed by atoms with E-state index in [0.29, 0.717) is 0 Å². The van der Waals surface area contributed by atoms with Crippen LogP contribution in [0.1, 0.15) is 12.1 Å². The Labute approximate surface area is 71.7 Å². The number of hydrogen-bond donors (Lipinski definition) is 0. The van der Waals surface area contributed by atoms with Crippen LogP contribution in [-0.2, 0) is 11.8 Å². The van der Waals surface area contributed by atoms with Crippen molar-refractivity contribution in [3.05, 3.63) is 24.0 Å². The van der Waals surface area contributed by atoms with Crippen molar-refractivity contribution in [1.82, 2.24) is 4.57 Å². The number of hydrogen-bond acceptors (Lipinski definition) is 2. The minimum absolute atomic E-state index is 0.786. The standard InChI is InChI=1S/C9H12N2O/c1-11-6-2-4-8(11)9-10-5-3-7-12-9/h2,4,6H,3,5,7H2,1H3. The zero-order chi connectivity index (χ0) is 8.39. The van der Waals surface area contributed by atoms with E-state index >= 15 is 0 Å². The minimum Gasteiger partial charge on any atom is -0.476 e. The van der Waals surface area contributed by atoms with Gasteiger partial charge in [0.25, 0.3) is 0 Å². The molecule has 0 saturated carbocycles. The summed E-state index contributed by atoms with van der Waals surface area (Å²) in [5.41, 5.74) is 1.06. The summed E-state index contributed by atoms with van der Waals surface area (Å²) in [5.74, 6) is 0.786. The third-order valence-corrected chi connectivity index (χ3v) is 1.96. The molecule has 1 aromatic heterocycles. The highest BCUT2D eigenvalue weighted by atomic mass is 16.5. The summed E-state index contributed by atoms with van der Waals surface area (Å²) in [6.45, 7) is 1.69. The molecule has 0 unspecified atom stereocenters. The van der Waals surface area contributed by atoms with Gasteiger partial charge in [0.05, 0.1) is 6.61 Å². The molecule has 3 heteroatoms. The SMILES string of the molecule is Cn1cccc1C1=NCCCO1. The fourth-order valence-electron chi connectivity index (χ4n) is 1.30. The van der Waals surface area contributed by atoms with Crippen LogP contribution in [-0.4, -0.2) is 23.6 Å². The van der Waals surface area contributed by atoms with E-state index < -0.39 is 0 Å².